The zero-order valence-electron chi connectivity index (χ0n) is 11.9. The van der Waals surface area contributed by atoms with Gasteiger partial charge in [0.1, 0.15) is 17.1 Å². The summed E-state index contributed by atoms with van der Waals surface area (Å²) in [7, 11) is 0. The molecule has 1 unspecified atom stereocenters. The normalized spacial score (nSPS) is 12.1. The lowest BCUT2D eigenvalue weighted by molar-refractivity contribution is -0.144. The summed E-state index contributed by atoms with van der Waals surface area (Å²) in [5.74, 6) is 5.31. The molecule has 2 aromatic rings. The number of hydrazine groups is 1. The summed E-state index contributed by atoms with van der Waals surface area (Å²) in [6, 6.07) is 4.36. The quantitative estimate of drug-likeness (QED) is 0.453. The molecular formula is C13H17N5O3. The fraction of sp³-hybridized carbons (Fsp3) is 0.385. The molecule has 1 atom stereocenters. The highest BCUT2D eigenvalue weighted by molar-refractivity contribution is 5.90. The standard InChI is InChI=1S/C13H17N5O3/c1-3-21-13(20)7-12(8(2)19)18(14)9-4-5-10-11(6-9)16-17-15-10/h4-6,12H,3,7,14H2,1-2H3,(H,15,16,17). The van der Waals surface area contributed by atoms with Crippen molar-refractivity contribution in [3.05, 3.63) is 18.2 Å². The summed E-state index contributed by atoms with van der Waals surface area (Å²) in [6.07, 6.45) is -0.101. The molecule has 0 fully saturated rings. The Bertz CT molecular complexity index is 654. The number of nitrogens with zero attached hydrogens (tertiary/aromatic N) is 3. The molecular weight excluding hydrogens is 274 g/mol. The second-order valence-electron chi connectivity index (χ2n) is 4.54. The van der Waals surface area contributed by atoms with Gasteiger partial charge in [0.2, 0.25) is 0 Å². The molecule has 0 saturated heterocycles. The summed E-state index contributed by atoms with van der Waals surface area (Å²) in [6.45, 7) is 3.36. The molecule has 0 bridgehead atoms. The van der Waals surface area contributed by atoms with Gasteiger partial charge in [0.05, 0.1) is 18.7 Å². The van der Waals surface area contributed by atoms with Crippen LogP contribution in [0.3, 0.4) is 0 Å². The van der Waals surface area contributed by atoms with Gasteiger partial charge in [0.15, 0.2) is 5.78 Å². The largest absolute Gasteiger partial charge is 0.466 e. The number of hydrogen-bond acceptors (Lipinski definition) is 7. The van der Waals surface area contributed by atoms with Gasteiger partial charge in [-0.25, -0.2) is 5.84 Å². The first-order valence-electron chi connectivity index (χ1n) is 6.53. The number of aromatic amines is 1. The van der Waals surface area contributed by atoms with Crippen LogP contribution in [0.1, 0.15) is 20.3 Å². The molecule has 8 nitrogen and oxygen atoms in total. The van der Waals surface area contributed by atoms with E-state index in [0.717, 1.165) is 0 Å². The molecule has 0 amide bonds. The molecule has 1 aromatic heterocycles. The third kappa shape index (κ3) is 3.34. The molecule has 0 spiro atoms. The van der Waals surface area contributed by atoms with Gasteiger partial charge in [0, 0.05) is 0 Å². The van der Waals surface area contributed by atoms with Crippen LogP contribution < -0.4 is 10.9 Å². The third-order valence-corrected chi connectivity index (χ3v) is 3.07. The Morgan fingerprint density at radius 2 is 2.10 bits per heavy atom. The summed E-state index contributed by atoms with van der Waals surface area (Å²) < 4.78 is 4.87. The summed E-state index contributed by atoms with van der Waals surface area (Å²) >= 11 is 0. The van der Waals surface area contributed by atoms with E-state index in [-0.39, 0.29) is 18.8 Å². The lowest BCUT2D eigenvalue weighted by Gasteiger charge is -2.26. The molecule has 2 rings (SSSR count). The van der Waals surface area contributed by atoms with Crippen LogP contribution in [0, 0.1) is 0 Å². The molecule has 112 valence electrons. The maximum absolute atomic E-state index is 11.7. The molecule has 8 heteroatoms. The number of aromatic nitrogens is 3. The second kappa shape index (κ2) is 6.31. The van der Waals surface area contributed by atoms with Crippen molar-refractivity contribution in [1.29, 1.82) is 0 Å². The number of rotatable bonds is 6. The SMILES string of the molecule is CCOC(=O)CC(C(C)=O)N(N)c1ccc2n[nH]nc2c1. The summed E-state index contributed by atoms with van der Waals surface area (Å²) in [5.41, 5.74) is 1.89. The predicted octanol–water partition coefficient (Wildman–Crippen LogP) is 0.549. The van der Waals surface area contributed by atoms with E-state index in [1.165, 1.54) is 11.9 Å². The molecule has 21 heavy (non-hydrogen) atoms. The minimum atomic E-state index is -0.784. The molecule has 0 aliphatic carbocycles. The minimum absolute atomic E-state index is 0.101. The van der Waals surface area contributed by atoms with E-state index in [2.05, 4.69) is 15.4 Å². The Morgan fingerprint density at radius 3 is 2.76 bits per heavy atom. The first-order valence-corrected chi connectivity index (χ1v) is 6.53. The van der Waals surface area contributed by atoms with Crippen LogP contribution in [-0.2, 0) is 14.3 Å². The number of nitrogens with two attached hydrogens (primary N) is 1. The minimum Gasteiger partial charge on any atom is -0.466 e. The van der Waals surface area contributed by atoms with E-state index in [1.807, 2.05) is 0 Å². The Balaban J connectivity index is 2.22. The topological polar surface area (TPSA) is 114 Å². The van der Waals surface area contributed by atoms with Crippen molar-refractivity contribution in [2.24, 2.45) is 5.84 Å². The van der Waals surface area contributed by atoms with Crippen molar-refractivity contribution in [1.82, 2.24) is 15.4 Å². The van der Waals surface area contributed by atoms with Crippen LogP contribution in [0.15, 0.2) is 18.2 Å². The highest BCUT2D eigenvalue weighted by Gasteiger charge is 2.25. The Kier molecular flexibility index (Phi) is 4.49. The van der Waals surface area contributed by atoms with E-state index in [4.69, 9.17) is 10.6 Å². The second-order valence-corrected chi connectivity index (χ2v) is 4.54. The van der Waals surface area contributed by atoms with Gasteiger partial charge in [-0.2, -0.15) is 15.4 Å². The van der Waals surface area contributed by atoms with Crippen LogP contribution >= 0.6 is 0 Å². The zero-order chi connectivity index (χ0) is 15.4. The lowest BCUT2D eigenvalue weighted by Crippen LogP contribution is -2.46. The third-order valence-electron chi connectivity index (χ3n) is 3.07. The van der Waals surface area contributed by atoms with E-state index in [0.29, 0.717) is 16.7 Å². The number of fused-ring (bicyclic) bond motifs is 1. The van der Waals surface area contributed by atoms with Crippen molar-refractivity contribution in [2.75, 3.05) is 11.6 Å². The van der Waals surface area contributed by atoms with Crippen LogP contribution in [0.5, 0.6) is 0 Å². The number of anilines is 1. The molecule has 0 aliphatic rings. The Labute approximate surface area is 121 Å². The summed E-state index contributed by atoms with van der Waals surface area (Å²) in [5, 5.41) is 11.7. The summed E-state index contributed by atoms with van der Waals surface area (Å²) in [4.78, 5) is 23.3. The van der Waals surface area contributed by atoms with Crippen molar-refractivity contribution in [3.8, 4) is 0 Å². The Hall–Kier alpha value is -2.48. The number of hydrogen-bond donors (Lipinski definition) is 2. The molecule has 1 heterocycles. The van der Waals surface area contributed by atoms with Crippen LogP contribution in [0.25, 0.3) is 11.0 Å². The van der Waals surface area contributed by atoms with Gasteiger partial charge in [-0.1, -0.05) is 0 Å². The number of ether oxygens (including phenoxy) is 1. The molecule has 0 aliphatic heterocycles. The number of ketones is 1. The van der Waals surface area contributed by atoms with Crippen molar-refractivity contribution >= 4 is 28.5 Å². The molecule has 3 N–H and O–H groups in total. The average Bonchev–Trinajstić information content (AvgIpc) is 2.91. The van der Waals surface area contributed by atoms with Crippen LogP contribution in [0.2, 0.25) is 0 Å². The Morgan fingerprint density at radius 1 is 1.38 bits per heavy atom. The van der Waals surface area contributed by atoms with Crippen LogP contribution in [0.4, 0.5) is 5.69 Å². The maximum Gasteiger partial charge on any atom is 0.308 e. The highest BCUT2D eigenvalue weighted by atomic mass is 16.5. The van der Waals surface area contributed by atoms with Gasteiger partial charge >= 0.3 is 5.97 Å². The predicted molar refractivity (Wildman–Crippen MR) is 76.3 cm³/mol. The molecule has 1 aromatic carbocycles. The number of H-pyrrole nitrogens is 1. The van der Waals surface area contributed by atoms with E-state index in [9.17, 15) is 9.59 Å². The van der Waals surface area contributed by atoms with Crippen molar-refractivity contribution < 1.29 is 14.3 Å². The van der Waals surface area contributed by atoms with Gasteiger partial charge in [-0.15, -0.1) is 0 Å². The number of carbonyl (C=O) groups is 2. The molecule has 0 saturated carbocycles. The van der Waals surface area contributed by atoms with Crippen molar-refractivity contribution in [2.45, 2.75) is 26.3 Å². The fourth-order valence-corrected chi connectivity index (χ4v) is 1.98. The smallest absolute Gasteiger partial charge is 0.308 e. The van der Waals surface area contributed by atoms with Gasteiger partial charge in [-0.3, -0.25) is 14.6 Å². The number of carbonyl (C=O) groups excluding carboxylic acids is 2. The van der Waals surface area contributed by atoms with Crippen LogP contribution in [-0.4, -0.2) is 39.8 Å². The number of benzene rings is 1. The maximum atomic E-state index is 11.7. The average molecular weight is 291 g/mol. The lowest BCUT2D eigenvalue weighted by atomic mass is 10.1. The van der Waals surface area contributed by atoms with E-state index >= 15 is 0 Å². The fourth-order valence-electron chi connectivity index (χ4n) is 1.98. The van der Waals surface area contributed by atoms with E-state index in [1.54, 1.807) is 25.1 Å². The van der Waals surface area contributed by atoms with Crippen molar-refractivity contribution in [3.63, 3.8) is 0 Å². The van der Waals surface area contributed by atoms with Gasteiger partial charge in [0.25, 0.3) is 0 Å². The highest BCUT2D eigenvalue weighted by Crippen LogP contribution is 2.20. The first-order chi connectivity index (χ1) is 10.0. The molecule has 0 radical (unpaired) electrons. The zero-order valence-corrected chi connectivity index (χ0v) is 11.9. The number of esters is 1. The van der Waals surface area contributed by atoms with E-state index < -0.39 is 12.0 Å². The monoisotopic (exact) mass is 291 g/mol. The number of nitrogens with one attached hydrogen (secondary N) is 1. The van der Waals surface area contributed by atoms with Gasteiger partial charge in [-0.05, 0) is 32.0 Å². The van der Waals surface area contributed by atoms with Gasteiger partial charge < -0.3 is 4.74 Å². The number of Topliss-reactive ketones (excluding diaryl/α,β-unsaturated/α-hetero) is 1. The first kappa shape index (κ1) is 14.9.